The predicted octanol–water partition coefficient (Wildman–Crippen LogP) is 5.05. The number of piperidine rings is 1. The summed E-state index contributed by atoms with van der Waals surface area (Å²) in [5, 5.41) is 12.7. The van der Waals surface area contributed by atoms with E-state index in [2.05, 4.69) is 21.3 Å². The molecule has 1 N–H and O–H groups in total. The fourth-order valence-corrected chi connectivity index (χ4v) is 6.87. The largest absolute Gasteiger partial charge is 0.452 e. The Morgan fingerprint density at radius 1 is 1.00 bits per heavy atom. The van der Waals surface area contributed by atoms with E-state index in [-0.39, 0.29) is 12.0 Å². The molecule has 3 fully saturated rings. The van der Waals surface area contributed by atoms with E-state index in [0.29, 0.717) is 12.5 Å². The van der Waals surface area contributed by atoms with Crippen LogP contribution in [0.4, 0.5) is 23.7 Å². The summed E-state index contributed by atoms with van der Waals surface area (Å²) >= 11 is 0. The van der Waals surface area contributed by atoms with E-state index in [1.807, 2.05) is 35.3 Å². The maximum absolute atomic E-state index is 12.9. The van der Waals surface area contributed by atoms with Crippen molar-refractivity contribution in [2.45, 2.75) is 43.3 Å². The fourth-order valence-electron chi connectivity index (χ4n) is 6.87. The molecular formula is C30H36F3N5O2. The number of likely N-dealkylation sites (tertiary alicyclic amines) is 1. The smallest absolute Gasteiger partial charge is 0.421 e. The van der Waals surface area contributed by atoms with Crippen molar-refractivity contribution in [2.24, 2.45) is 11.8 Å². The van der Waals surface area contributed by atoms with Gasteiger partial charge in [0.25, 0.3) is 0 Å². The number of methoxy groups -OCH3 is 1. The van der Waals surface area contributed by atoms with Gasteiger partial charge in [-0.15, -0.1) is 0 Å². The quantitative estimate of drug-likeness (QED) is 0.516. The summed E-state index contributed by atoms with van der Waals surface area (Å²) in [6.07, 6.45) is -1.39. The molecule has 2 aromatic carbocycles. The lowest BCUT2D eigenvalue weighted by Crippen LogP contribution is -2.58. The minimum absolute atomic E-state index is 0.131. The molecule has 40 heavy (non-hydrogen) atoms. The normalized spacial score (nSPS) is 22.8. The molecule has 7 nitrogen and oxygen atoms in total. The highest BCUT2D eigenvalue weighted by atomic mass is 19.4. The first-order chi connectivity index (χ1) is 19.2. The van der Waals surface area contributed by atoms with Crippen LogP contribution in [0.1, 0.15) is 36.8 Å². The summed E-state index contributed by atoms with van der Waals surface area (Å²) < 4.78 is 43.5. The Morgan fingerprint density at radius 2 is 1.68 bits per heavy atom. The van der Waals surface area contributed by atoms with Gasteiger partial charge >= 0.3 is 12.3 Å². The monoisotopic (exact) mass is 555 g/mol. The number of halogens is 3. The molecule has 5 rings (SSSR count). The van der Waals surface area contributed by atoms with Crippen LogP contribution in [0.2, 0.25) is 0 Å². The second-order valence-corrected chi connectivity index (χ2v) is 11.2. The molecule has 0 radical (unpaired) electrons. The summed E-state index contributed by atoms with van der Waals surface area (Å²) in [5.41, 5.74) is 3.29. The number of hydrogen-bond donors (Lipinski definition) is 1. The van der Waals surface area contributed by atoms with E-state index in [9.17, 15) is 23.2 Å². The highest BCUT2D eigenvalue weighted by Crippen LogP contribution is 2.46. The highest BCUT2D eigenvalue weighted by molar-refractivity contribution is 5.66. The van der Waals surface area contributed by atoms with Gasteiger partial charge in [-0.3, -0.25) is 5.43 Å². The van der Waals surface area contributed by atoms with Gasteiger partial charge in [0, 0.05) is 37.8 Å². The van der Waals surface area contributed by atoms with Crippen LogP contribution < -0.4 is 10.3 Å². The fraction of sp³-hybridized carbons (Fsp3) is 0.533. The van der Waals surface area contributed by atoms with E-state index >= 15 is 0 Å². The summed E-state index contributed by atoms with van der Waals surface area (Å²) in [7, 11) is 1.34. The number of ether oxygens (including phenoxy) is 1. The molecule has 0 spiro atoms. The molecule has 3 aliphatic rings. The Bertz CT molecular complexity index is 1190. The minimum Gasteiger partial charge on any atom is -0.452 e. The van der Waals surface area contributed by atoms with E-state index in [1.54, 1.807) is 12.1 Å². The van der Waals surface area contributed by atoms with E-state index in [4.69, 9.17) is 4.74 Å². The summed E-state index contributed by atoms with van der Waals surface area (Å²) in [4.78, 5) is 16.7. The van der Waals surface area contributed by atoms with Gasteiger partial charge in [-0.2, -0.15) is 18.4 Å². The van der Waals surface area contributed by atoms with Gasteiger partial charge in [0.05, 0.1) is 24.8 Å². The van der Waals surface area contributed by atoms with Crippen molar-refractivity contribution in [1.82, 2.24) is 15.3 Å². The van der Waals surface area contributed by atoms with Gasteiger partial charge in [-0.25, -0.2) is 9.80 Å². The summed E-state index contributed by atoms with van der Waals surface area (Å²) in [6.45, 7) is 5.03. The number of anilines is 1. The molecule has 0 saturated carbocycles. The van der Waals surface area contributed by atoms with Gasteiger partial charge in [0.15, 0.2) is 0 Å². The lowest BCUT2D eigenvalue weighted by Gasteiger charge is -2.48. The lowest BCUT2D eigenvalue weighted by molar-refractivity contribution is -0.137. The van der Waals surface area contributed by atoms with Gasteiger partial charge in [0.2, 0.25) is 0 Å². The molecule has 0 aliphatic carbocycles. The van der Waals surface area contributed by atoms with Crippen molar-refractivity contribution in [3.05, 3.63) is 65.7 Å². The van der Waals surface area contributed by atoms with Gasteiger partial charge in [0.1, 0.15) is 5.41 Å². The van der Waals surface area contributed by atoms with Crippen LogP contribution in [-0.4, -0.2) is 68.4 Å². The van der Waals surface area contributed by atoms with Crippen LogP contribution in [0.15, 0.2) is 54.6 Å². The number of nitrogens with zero attached hydrogens (tertiary/aromatic N) is 4. The van der Waals surface area contributed by atoms with Crippen molar-refractivity contribution in [3.8, 4) is 6.07 Å². The second kappa shape index (κ2) is 11.7. The SMILES string of the molecule is COC(=O)NN1CCCC1C(C#N)(c1ccccc1)C1CCN(CC2CN(c3ccc(C(F)(F)F)cc3)C2)CC1. The molecule has 1 amide bonds. The number of hydrazine groups is 1. The van der Waals surface area contributed by atoms with E-state index in [1.165, 1.54) is 7.11 Å². The van der Waals surface area contributed by atoms with E-state index < -0.39 is 23.2 Å². The average molecular weight is 556 g/mol. The van der Waals surface area contributed by atoms with Crippen molar-refractivity contribution in [2.75, 3.05) is 51.3 Å². The number of carbonyl (C=O) groups excluding carboxylic acids is 1. The number of alkyl halides is 3. The maximum Gasteiger partial charge on any atom is 0.421 e. The Labute approximate surface area is 233 Å². The minimum atomic E-state index is -4.32. The predicted molar refractivity (Wildman–Crippen MR) is 145 cm³/mol. The zero-order chi connectivity index (χ0) is 28.3. The standard InChI is InChI=1S/C30H36F3N5O2/c1-40-28(39)35-38-15-5-8-27(38)29(21-34,23-6-3-2-4-7-23)24-13-16-36(17-14-24)18-22-19-37(20-22)26-11-9-25(10-12-26)30(31,32)33/h2-4,6-7,9-12,22,24,27H,5,8,13-20H2,1H3,(H,35,39). The first-order valence-electron chi connectivity index (χ1n) is 14.0. The third-order valence-corrected chi connectivity index (χ3v) is 8.90. The van der Waals surface area contributed by atoms with Crippen molar-refractivity contribution in [3.63, 3.8) is 0 Å². The number of nitrogens with one attached hydrogen (secondary N) is 1. The van der Waals surface area contributed by atoms with Crippen LogP contribution in [0.5, 0.6) is 0 Å². The Kier molecular flexibility index (Phi) is 8.24. The highest BCUT2D eigenvalue weighted by Gasteiger charge is 2.52. The van der Waals surface area contributed by atoms with Crippen LogP contribution >= 0.6 is 0 Å². The Balaban J connectivity index is 1.22. The molecule has 3 aliphatic heterocycles. The summed E-state index contributed by atoms with van der Waals surface area (Å²) in [5.74, 6) is 0.592. The molecule has 3 saturated heterocycles. The molecular weight excluding hydrogens is 519 g/mol. The zero-order valence-electron chi connectivity index (χ0n) is 22.7. The third-order valence-electron chi connectivity index (χ3n) is 8.90. The molecule has 2 aromatic rings. The summed E-state index contributed by atoms with van der Waals surface area (Å²) in [6, 6.07) is 18.0. The Morgan fingerprint density at radius 3 is 2.27 bits per heavy atom. The number of amides is 1. The van der Waals surface area contributed by atoms with Gasteiger partial charge < -0.3 is 14.5 Å². The number of hydrogen-bond acceptors (Lipinski definition) is 6. The van der Waals surface area contributed by atoms with Crippen molar-refractivity contribution >= 4 is 11.8 Å². The number of nitriles is 1. The van der Waals surface area contributed by atoms with Crippen LogP contribution in [0.25, 0.3) is 0 Å². The second-order valence-electron chi connectivity index (χ2n) is 11.2. The third kappa shape index (κ3) is 5.63. The lowest BCUT2D eigenvalue weighted by atomic mass is 9.62. The topological polar surface area (TPSA) is 71.8 Å². The van der Waals surface area contributed by atoms with Crippen LogP contribution in [-0.2, 0) is 16.3 Å². The van der Waals surface area contributed by atoms with Gasteiger partial charge in [-0.05, 0) is 74.5 Å². The molecule has 3 heterocycles. The molecule has 0 bridgehead atoms. The first-order valence-corrected chi connectivity index (χ1v) is 14.0. The molecule has 214 valence electrons. The number of carbonyl (C=O) groups is 1. The van der Waals surface area contributed by atoms with Crippen LogP contribution in [0.3, 0.4) is 0 Å². The molecule has 2 unspecified atom stereocenters. The molecule has 10 heteroatoms. The number of benzene rings is 2. The molecule has 0 aromatic heterocycles. The van der Waals surface area contributed by atoms with E-state index in [0.717, 1.165) is 81.8 Å². The van der Waals surface area contributed by atoms with Crippen molar-refractivity contribution < 1.29 is 22.7 Å². The zero-order valence-corrected chi connectivity index (χ0v) is 22.7. The first kappa shape index (κ1) is 28.2. The molecule has 2 atom stereocenters. The van der Waals surface area contributed by atoms with Gasteiger partial charge in [-0.1, -0.05) is 30.3 Å². The Hall–Kier alpha value is -3.29. The van der Waals surface area contributed by atoms with Crippen molar-refractivity contribution in [1.29, 1.82) is 5.26 Å². The number of rotatable bonds is 7. The average Bonchev–Trinajstić information content (AvgIpc) is 3.40. The van der Waals surface area contributed by atoms with Crippen LogP contribution in [0, 0.1) is 23.2 Å². The maximum atomic E-state index is 12.9.